The molecule has 0 unspecified atom stereocenters. The molecule has 19 heavy (non-hydrogen) atoms. The van der Waals surface area contributed by atoms with Crippen LogP contribution in [-0.4, -0.2) is 34.5 Å². The molecule has 0 aliphatic carbocycles. The Morgan fingerprint density at radius 2 is 2.00 bits per heavy atom. The van der Waals surface area contributed by atoms with Crippen molar-refractivity contribution in [1.29, 1.82) is 0 Å². The van der Waals surface area contributed by atoms with Crippen LogP contribution in [0.2, 0.25) is 0 Å². The monoisotopic (exact) mass is 253 g/mol. The van der Waals surface area contributed by atoms with Gasteiger partial charge in [-0.3, -0.25) is 4.90 Å². The van der Waals surface area contributed by atoms with Crippen molar-refractivity contribution in [2.45, 2.75) is 12.8 Å². The normalized spacial score (nSPS) is 16.9. The van der Waals surface area contributed by atoms with Crippen molar-refractivity contribution in [1.82, 2.24) is 14.9 Å². The SMILES string of the molecule is C(/CN1CCCC1)=C(/c1ccccc1)c1ncc[nH]1. The number of nitrogens with one attached hydrogen (secondary N) is 1. The highest BCUT2D eigenvalue weighted by Gasteiger charge is 2.12. The lowest BCUT2D eigenvalue weighted by Gasteiger charge is -2.13. The van der Waals surface area contributed by atoms with Crippen LogP contribution >= 0.6 is 0 Å². The van der Waals surface area contributed by atoms with E-state index in [4.69, 9.17) is 0 Å². The molecule has 0 spiro atoms. The average molecular weight is 253 g/mol. The van der Waals surface area contributed by atoms with E-state index in [0.717, 1.165) is 12.4 Å². The minimum absolute atomic E-state index is 0.949. The van der Waals surface area contributed by atoms with Gasteiger partial charge in [-0.1, -0.05) is 36.4 Å². The van der Waals surface area contributed by atoms with Crippen LogP contribution in [-0.2, 0) is 0 Å². The number of H-pyrrole nitrogens is 1. The molecule has 2 heterocycles. The first-order valence-electron chi connectivity index (χ1n) is 6.91. The maximum Gasteiger partial charge on any atom is 0.137 e. The van der Waals surface area contributed by atoms with Gasteiger partial charge in [-0.15, -0.1) is 0 Å². The number of rotatable bonds is 4. The van der Waals surface area contributed by atoms with E-state index in [1.165, 1.54) is 37.1 Å². The Morgan fingerprint density at radius 1 is 1.21 bits per heavy atom. The van der Waals surface area contributed by atoms with E-state index in [1.807, 2.05) is 18.5 Å². The maximum atomic E-state index is 4.40. The van der Waals surface area contributed by atoms with Gasteiger partial charge in [0.1, 0.15) is 5.82 Å². The van der Waals surface area contributed by atoms with Crippen molar-refractivity contribution in [3.63, 3.8) is 0 Å². The highest BCUT2D eigenvalue weighted by atomic mass is 15.1. The van der Waals surface area contributed by atoms with Crippen molar-refractivity contribution in [2.24, 2.45) is 0 Å². The number of imidazole rings is 1. The molecule has 0 atom stereocenters. The van der Waals surface area contributed by atoms with E-state index < -0.39 is 0 Å². The summed E-state index contributed by atoms with van der Waals surface area (Å²) in [4.78, 5) is 10.1. The third-order valence-electron chi connectivity index (χ3n) is 3.59. The Bertz CT molecular complexity index is 522. The molecule has 2 aromatic rings. The van der Waals surface area contributed by atoms with E-state index >= 15 is 0 Å². The van der Waals surface area contributed by atoms with Gasteiger partial charge in [-0.05, 0) is 31.5 Å². The van der Waals surface area contributed by atoms with Crippen LogP contribution in [0, 0.1) is 0 Å². The molecule has 98 valence electrons. The summed E-state index contributed by atoms with van der Waals surface area (Å²) in [7, 11) is 0. The predicted molar refractivity (Wildman–Crippen MR) is 77.8 cm³/mol. The molecule has 1 aliphatic rings. The largest absolute Gasteiger partial charge is 0.345 e. The van der Waals surface area contributed by atoms with E-state index in [2.05, 4.69) is 45.2 Å². The number of hydrogen-bond acceptors (Lipinski definition) is 2. The van der Waals surface area contributed by atoms with Crippen LogP contribution in [0.15, 0.2) is 48.8 Å². The quantitative estimate of drug-likeness (QED) is 0.908. The molecular weight excluding hydrogens is 234 g/mol. The molecule has 0 amide bonds. The van der Waals surface area contributed by atoms with Crippen LogP contribution < -0.4 is 0 Å². The first kappa shape index (κ1) is 12.2. The molecule has 1 aromatic carbocycles. The number of hydrogen-bond donors (Lipinski definition) is 1. The third-order valence-corrected chi connectivity index (χ3v) is 3.59. The van der Waals surface area contributed by atoms with Crippen molar-refractivity contribution in [3.8, 4) is 0 Å². The fourth-order valence-electron chi connectivity index (χ4n) is 2.57. The standard InChI is InChI=1S/C16H19N3/c1-2-6-14(7-3-1)15(16-17-9-10-18-16)8-13-19-11-4-5-12-19/h1-3,6-10H,4-5,11-13H2,(H,17,18)/b15-8+. The summed E-state index contributed by atoms with van der Waals surface area (Å²) in [6, 6.07) is 10.5. The smallest absolute Gasteiger partial charge is 0.137 e. The van der Waals surface area contributed by atoms with Crippen LogP contribution in [0.5, 0.6) is 0 Å². The van der Waals surface area contributed by atoms with Gasteiger partial charge in [-0.2, -0.15) is 0 Å². The Morgan fingerprint density at radius 3 is 2.68 bits per heavy atom. The molecular formula is C16H19N3. The third kappa shape index (κ3) is 2.93. The van der Waals surface area contributed by atoms with Gasteiger partial charge in [0.05, 0.1) is 0 Å². The average Bonchev–Trinajstić information content (AvgIpc) is 3.13. The lowest BCUT2D eigenvalue weighted by Crippen LogP contribution is -2.19. The van der Waals surface area contributed by atoms with E-state index in [9.17, 15) is 0 Å². The Kier molecular flexibility index (Phi) is 3.75. The zero-order valence-electron chi connectivity index (χ0n) is 11.0. The van der Waals surface area contributed by atoms with Crippen LogP contribution in [0.25, 0.3) is 5.57 Å². The highest BCUT2D eigenvalue weighted by molar-refractivity contribution is 5.76. The topological polar surface area (TPSA) is 31.9 Å². The number of benzene rings is 1. The van der Waals surface area contributed by atoms with Gasteiger partial charge in [-0.25, -0.2) is 4.98 Å². The summed E-state index contributed by atoms with van der Waals surface area (Å²) in [5.74, 6) is 0.949. The fraction of sp³-hybridized carbons (Fsp3) is 0.312. The van der Waals surface area contributed by atoms with Gasteiger partial charge in [0.2, 0.25) is 0 Å². The maximum absolute atomic E-state index is 4.40. The summed E-state index contributed by atoms with van der Waals surface area (Å²) in [6.07, 6.45) is 8.63. The summed E-state index contributed by atoms with van der Waals surface area (Å²) in [5.41, 5.74) is 2.41. The molecule has 0 saturated carbocycles. The second-order valence-corrected chi connectivity index (χ2v) is 4.93. The molecule has 0 bridgehead atoms. The molecule has 3 heteroatoms. The zero-order chi connectivity index (χ0) is 12.9. The van der Waals surface area contributed by atoms with E-state index in [1.54, 1.807) is 0 Å². The number of aromatic amines is 1. The van der Waals surface area contributed by atoms with Crippen molar-refractivity contribution in [3.05, 3.63) is 60.2 Å². The molecule has 1 N–H and O–H groups in total. The second-order valence-electron chi connectivity index (χ2n) is 4.93. The molecule has 1 aromatic heterocycles. The summed E-state index contributed by atoms with van der Waals surface area (Å²) in [5, 5.41) is 0. The minimum atomic E-state index is 0.949. The Labute approximate surface area is 114 Å². The molecule has 3 nitrogen and oxygen atoms in total. The minimum Gasteiger partial charge on any atom is -0.345 e. The molecule has 1 saturated heterocycles. The van der Waals surface area contributed by atoms with Crippen molar-refractivity contribution >= 4 is 5.57 Å². The molecule has 1 aliphatic heterocycles. The Balaban J connectivity index is 1.86. The van der Waals surface area contributed by atoms with Gasteiger partial charge < -0.3 is 4.98 Å². The number of likely N-dealkylation sites (tertiary alicyclic amines) is 1. The lowest BCUT2D eigenvalue weighted by atomic mass is 10.1. The van der Waals surface area contributed by atoms with E-state index in [-0.39, 0.29) is 0 Å². The lowest BCUT2D eigenvalue weighted by molar-refractivity contribution is 0.377. The summed E-state index contributed by atoms with van der Waals surface area (Å²) < 4.78 is 0. The summed E-state index contributed by atoms with van der Waals surface area (Å²) in [6.45, 7) is 3.44. The van der Waals surface area contributed by atoms with Crippen LogP contribution in [0.3, 0.4) is 0 Å². The predicted octanol–water partition coefficient (Wildman–Crippen LogP) is 2.94. The highest BCUT2D eigenvalue weighted by Crippen LogP contribution is 2.20. The van der Waals surface area contributed by atoms with Gasteiger partial charge >= 0.3 is 0 Å². The molecule has 3 rings (SSSR count). The van der Waals surface area contributed by atoms with Crippen LogP contribution in [0.4, 0.5) is 0 Å². The van der Waals surface area contributed by atoms with Gasteiger partial charge in [0, 0.05) is 24.5 Å². The zero-order valence-corrected chi connectivity index (χ0v) is 11.0. The van der Waals surface area contributed by atoms with Gasteiger partial charge in [0.15, 0.2) is 0 Å². The number of aromatic nitrogens is 2. The van der Waals surface area contributed by atoms with Crippen LogP contribution in [0.1, 0.15) is 24.2 Å². The second kappa shape index (κ2) is 5.85. The van der Waals surface area contributed by atoms with Crippen molar-refractivity contribution < 1.29 is 0 Å². The fourth-order valence-corrected chi connectivity index (χ4v) is 2.57. The Hall–Kier alpha value is -1.87. The molecule has 0 radical (unpaired) electrons. The first-order chi connectivity index (χ1) is 9.43. The van der Waals surface area contributed by atoms with E-state index in [0.29, 0.717) is 0 Å². The summed E-state index contributed by atoms with van der Waals surface area (Å²) >= 11 is 0. The first-order valence-corrected chi connectivity index (χ1v) is 6.91. The molecule has 1 fully saturated rings. The van der Waals surface area contributed by atoms with Gasteiger partial charge in [0.25, 0.3) is 0 Å². The van der Waals surface area contributed by atoms with Crippen molar-refractivity contribution in [2.75, 3.05) is 19.6 Å². The number of nitrogens with zero attached hydrogens (tertiary/aromatic N) is 2.